The van der Waals surface area contributed by atoms with Crippen molar-refractivity contribution < 1.29 is 4.79 Å². The van der Waals surface area contributed by atoms with Gasteiger partial charge in [-0.15, -0.1) is 0 Å². The van der Waals surface area contributed by atoms with Gasteiger partial charge in [0.25, 0.3) is 5.56 Å². The van der Waals surface area contributed by atoms with Crippen molar-refractivity contribution in [1.82, 2.24) is 9.97 Å². The third-order valence-corrected chi connectivity index (χ3v) is 1.42. The Morgan fingerprint density at radius 2 is 2.36 bits per heavy atom. The van der Waals surface area contributed by atoms with Gasteiger partial charge < -0.3 is 9.78 Å². The molecule has 0 aliphatic carbocycles. The number of hydrogen-bond acceptors (Lipinski definition) is 3. The van der Waals surface area contributed by atoms with Gasteiger partial charge in [-0.1, -0.05) is 0 Å². The van der Waals surface area contributed by atoms with Crippen LogP contribution in [0.1, 0.15) is 5.56 Å². The van der Waals surface area contributed by atoms with E-state index >= 15 is 0 Å². The van der Waals surface area contributed by atoms with E-state index in [1.807, 2.05) is 0 Å². The lowest BCUT2D eigenvalue weighted by Crippen LogP contribution is -2.13. The molecule has 0 aliphatic rings. The molecular weight excluding hydrogens is 164 g/mol. The van der Waals surface area contributed by atoms with E-state index in [1.54, 1.807) is 0 Å². The van der Waals surface area contributed by atoms with Crippen LogP contribution in [0.15, 0.2) is 11.0 Å². The normalized spacial score (nSPS) is 9.45. The van der Waals surface area contributed by atoms with E-state index in [0.717, 1.165) is 0 Å². The first-order chi connectivity index (χ1) is 5.24. The van der Waals surface area contributed by atoms with Crippen molar-refractivity contribution in [2.24, 2.45) is 0 Å². The topological polar surface area (TPSA) is 65.7 Å². The van der Waals surface area contributed by atoms with Gasteiger partial charge in [-0.25, -0.2) is 0 Å². The standard InChI is InChI=1S/C6H6N2O2S/c9-2-1-4-3-7-6(11)8-5(4)10/h2-3H,1H2,(H2,7,8,10,11). The van der Waals surface area contributed by atoms with E-state index in [4.69, 9.17) is 0 Å². The first-order valence-electron chi connectivity index (χ1n) is 2.98. The fourth-order valence-electron chi connectivity index (χ4n) is 0.679. The van der Waals surface area contributed by atoms with Gasteiger partial charge in [0, 0.05) is 18.2 Å². The van der Waals surface area contributed by atoms with E-state index in [0.29, 0.717) is 11.8 Å². The number of aromatic nitrogens is 2. The van der Waals surface area contributed by atoms with Gasteiger partial charge in [0.05, 0.1) is 0 Å². The van der Waals surface area contributed by atoms with E-state index < -0.39 is 0 Å². The minimum Gasteiger partial charge on any atom is -0.338 e. The van der Waals surface area contributed by atoms with Crippen LogP contribution in [0.4, 0.5) is 0 Å². The third-order valence-electron chi connectivity index (χ3n) is 1.20. The molecule has 0 amide bonds. The molecule has 5 heteroatoms. The fraction of sp³-hybridized carbons (Fsp3) is 0.167. The molecule has 0 saturated carbocycles. The monoisotopic (exact) mass is 170 g/mol. The molecule has 11 heavy (non-hydrogen) atoms. The Bertz CT molecular complexity index is 365. The highest BCUT2D eigenvalue weighted by molar-refractivity contribution is 7.71. The lowest BCUT2D eigenvalue weighted by Gasteiger charge is -1.90. The molecule has 1 aromatic rings. The Morgan fingerprint density at radius 3 is 2.91 bits per heavy atom. The summed E-state index contributed by atoms with van der Waals surface area (Å²) in [6.07, 6.45) is 2.22. The van der Waals surface area contributed by atoms with Gasteiger partial charge in [-0.2, -0.15) is 0 Å². The minimum absolute atomic E-state index is 0.113. The molecular formula is C6H6N2O2S. The molecule has 1 heterocycles. The maximum absolute atomic E-state index is 10.9. The highest BCUT2D eigenvalue weighted by Gasteiger charge is 1.95. The van der Waals surface area contributed by atoms with Crippen LogP contribution in [0.5, 0.6) is 0 Å². The van der Waals surface area contributed by atoms with Crippen molar-refractivity contribution in [2.75, 3.05) is 0 Å². The minimum atomic E-state index is -0.305. The molecule has 0 radical (unpaired) electrons. The molecule has 4 nitrogen and oxygen atoms in total. The second-order valence-electron chi connectivity index (χ2n) is 1.97. The summed E-state index contributed by atoms with van der Waals surface area (Å²) in [5.41, 5.74) is 0.0921. The van der Waals surface area contributed by atoms with E-state index in [2.05, 4.69) is 22.2 Å². The first-order valence-corrected chi connectivity index (χ1v) is 3.39. The summed E-state index contributed by atoms with van der Waals surface area (Å²) >= 11 is 4.64. The van der Waals surface area contributed by atoms with Crippen molar-refractivity contribution in [3.8, 4) is 0 Å². The first kappa shape index (κ1) is 7.87. The molecule has 0 fully saturated rings. The predicted molar refractivity (Wildman–Crippen MR) is 42.0 cm³/mol. The Hall–Kier alpha value is -1.23. The molecule has 2 N–H and O–H groups in total. The molecule has 0 spiro atoms. The smallest absolute Gasteiger partial charge is 0.255 e. The molecule has 1 rings (SSSR count). The molecule has 0 saturated heterocycles. The second kappa shape index (κ2) is 3.25. The third kappa shape index (κ3) is 1.84. The zero-order chi connectivity index (χ0) is 8.27. The highest BCUT2D eigenvalue weighted by atomic mass is 32.1. The molecule has 0 atom stereocenters. The quantitative estimate of drug-likeness (QED) is 0.491. The largest absolute Gasteiger partial charge is 0.338 e. The number of carbonyl (C=O) groups excluding carboxylic acids is 1. The van der Waals surface area contributed by atoms with Gasteiger partial charge in [0.2, 0.25) is 0 Å². The number of aldehydes is 1. The number of carbonyl (C=O) groups is 1. The van der Waals surface area contributed by atoms with Crippen LogP contribution in [0, 0.1) is 4.77 Å². The number of aromatic amines is 2. The number of rotatable bonds is 2. The van der Waals surface area contributed by atoms with Crippen LogP contribution in [-0.4, -0.2) is 16.3 Å². The van der Waals surface area contributed by atoms with Crippen molar-refractivity contribution in [1.29, 1.82) is 0 Å². The number of H-pyrrole nitrogens is 2. The predicted octanol–water partition coefficient (Wildman–Crippen LogP) is 0.174. The molecule has 0 unspecified atom stereocenters. The van der Waals surface area contributed by atoms with E-state index in [-0.39, 0.29) is 16.8 Å². The Labute approximate surface area is 67.3 Å². The summed E-state index contributed by atoms with van der Waals surface area (Å²) in [7, 11) is 0. The van der Waals surface area contributed by atoms with Crippen molar-refractivity contribution in [2.45, 2.75) is 6.42 Å². The van der Waals surface area contributed by atoms with Crippen LogP contribution >= 0.6 is 12.2 Å². The van der Waals surface area contributed by atoms with Gasteiger partial charge in [-0.05, 0) is 12.2 Å². The fourth-order valence-corrected chi connectivity index (χ4v) is 0.831. The Kier molecular flexibility index (Phi) is 2.32. The zero-order valence-electron chi connectivity index (χ0n) is 5.59. The van der Waals surface area contributed by atoms with Crippen LogP contribution < -0.4 is 5.56 Å². The van der Waals surface area contributed by atoms with Crippen molar-refractivity contribution in [3.05, 3.63) is 26.9 Å². The van der Waals surface area contributed by atoms with E-state index in [1.165, 1.54) is 6.20 Å². The lowest BCUT2D eigenvalue weighted by atomic mass is 10.3. The van der Waals surface area contributed by atoms with Gasteiger partial charge >= 0.3 is 0 Å². The SMILES string of the molecule is O=CCc1c[nH]c(=S)[nH]c1=O. The van der Waals surface area contributed by atoms with Crippen LogP contribution in [-0.2, 0) is 11.2 Å². The number of hydrogen-bond donors (Lipinski definition) is 2. The Morgan fingerprint density at radius 1 is 1.64 bits per heavy atom. The summed E-state index contributed by atoms with van der Waals surface area (Å²) in [4.78, 5) is 25.9. The number of nitrogens with one attached hydrogen (secondary N) is 2. The van der Waals surface area contributed by atoms with Crippen LogP contribution in [0.2, 0.25) is 0 Å². The molecule has 0 aromatic carbocycles. The van der Waals surface area contributed by atoms with Gasteiger partial charge in [-0.3, -0.25) is 9.78 Å². The molecule has 1 aromatic heterocycles. The summed E-state index contributed by atoms with van der Waals surface area (Å²) in [5, 5.41) is 0. The average Bonchev–Trinajstić information content (AvgIpc) is 1.95. The summed E-state index contributed by atoms with van der Waals surface area (Å²) in [6, 6.07) is 0. The summed E-state index contributed by atoms with van der Waals surface area (Å²) in [5.74, 6) is 0. The van der Waals surface area contributed by atoms with Crippen LogP contribution in [0.25, 0.3) is 0 Å². The zero-order valence-corrected chi connectivity index (χ0v) is 6.40. The molecule has 0 aliphatic heterocycles. The van der Waals surface area contributed by atoms with Gasteiger partial charge in [0.15, 0.2) is 4.77 Å². The maximum atomic E-state index is 10.9. The lowest BCUT2D eigenvalue weighted by molar-refractivity contribution is -0.107. The summed E-state index contributed by atoms with van der Waals surface area (Å²) in [6.45, 7) is 0. The van der Waals surface area contributed by atoms with Gasteiger partial charge in [0.1, 0.15) is 6.29 Å². The van der Waals surface area contributed by atoms with Crippen molar-refractivity contribution >= 4 is 18.5 Å². The van der Waals surface area contributed by atoms with Crippen LogP contribution in [0.3, 0.4) is 0 Å². The summed E-state index contributed by atoms with van der Waals surface area (Å²) < 4.78 is 0.268. The Balaban J connectivity index is 3.19. The van der Waals surface area contributed by atoms with E-state index in [9.17, 15) is 9.59 Å². The molecule has 58 valence electrons. The maximum Gasteiger partial charge on any atom is 0.255 e. The van der Waals surface area contributed by atoms with Crippen molar-refractivity contribution in [3.63, 3.8) is 0 Å². The molecule has 0 bridgehead atoms. The highest BCUT2D eigenvalue weighted by Crippen LogP contribution is 1.85. The second-order valence-corrected chi connectivity index (χ2v) is 2.38. The average molecular weight is 170 g/mol.